The zero-order chi connectivity index (χ0) is 8.48. The first-order valence-electron chi connectivity index (χ1n) is 4.13. The Bertz CT molecular complexity index is 165. The van der Waals surface area contributed by atoms with Crippen LogP contribution in [-0.2, 0) is 4.79 Å². The number of aliphatic hydroxyl groups is 1. The number of nitrogens with two attached hydrogens (primary N) is 1. The Labute approximate surface area is 66.6 Å². The first-order valence-corrected chi connectivity index (χ1v) is 4.13. The minimum atomic E-state index is -1.22. The van der Waals surface area contributed by atoms with Crippen LogP contribution < -0.4 is 5.73 Å². The van der Waals surface area contributed by atoms with Crippen molar-refractivity contribution in [2.75, 3.05) is 0 Å². The topological polar surface area (TPSA) is 63.3 Å². The molecule has 0 aromatic carbocycles. The highest BCUT2D eigenvalue weighted by molar-refractivity contribution is 5.83. The second kappa shape index (κ2) is 2.81. The smallest absolute Gasteiger partial charge is 0.249 e. The third-order valence-corrected chi connectivity index (χ3v) is 2.75. The average molecular weight is 157 g/mol. The number of carbonyl (C=O) groups is 1. The minimum Gasteiger partial charge on any atom is -0.380 e. The number of rotatable bonds is 3. The van der Waals surface area contributed by atoms with Crippen molar-refractivity contribution in [1.29, 1.82) is 0 Å². The molecule has 0 aromatic rings. The fourth-order valence-corrected chi connectivity index (χ4v) is 1.55. The van der Waals surface area contributed by atoms with Crippen LogP contribution in [0.5, 0.6) is 0 Å². The lowest BCUT2D eigenvalue weighted by Crippen LogP contribution is -2.51. The highest BCUT2D eigenvalue weighted by atomic mass is 16.3. The molecule has 1 fully saturated rings. The lowest BCUT2D eigenvalue weighted by molar-refractivity contribution is -0.147. The predicted octanol–water partition coefficient (Wildman–Crippen LogP) is 0.413. The third-order valence-electron chi connectivity index (χ3n) is 2.75. The van der Waals surface area contributed by atoms with E-state index in [4.69, 9.17) is 5.73 Å². The van der Waals surface area contributed by atoms with Gasteiger partial charge in [-0.25, -0.2) is 0 Å². The molecule has 0 heterocycles. The standard InChI is InChI=1S/C8H15NO2/c1-2-8(11,7(9)10)6-4-3-5-6/h6,11H,2-5H2,1H3,(H2,9,10). The van der Waals surface area contributed by atoms with E-state index in [2.05, 4.69) is 0 Å². The fraction of sp³-hybridized carbons (Fsp3) is 0.875. The van der Waals surface area contributed by atoms with Gasteiger partial charge in [0.25, 0.3) is 0 Å². The van der Waals surface area contributed by atoms with Crippen molar-refractivity contribution in [3.05, 3.63) is 0 Å². The van der Waals surface area contributed by atoms with Gasteiger partial charge in [0.05, 0.1) is 0 Å². The van der Waals surface area contributed by atoms with E-state index in [0.29, 0.717) is 6.42 Å². The van der Waals surface area contributed by atoms with Crippen molar-refractivity contribution < 1.29 is 9.90 Å². The number of amides is 1. The molecule has 0 saturated heterocycles. The molecule has 3 nitrogen and oxygen atoms in total. The van der Waals surface area contributed by atoms with Gasteiger partial charge in [-0.1, -0.05) is 13.3 Å². The molecule has 64 valence electrons. The van der Waals surface area contributed by atoms with E-state index in [9.17, 15) is 9.90 Å². The lowest BCUT2D eigenvalue weighted by atomic mass is 9.71. The summed E-state index contributed by atoms with van der Waals surface area (Å²) in [5, 5.41) is 9.74. The molecule has 1 rings (SSSR count). The summed E-state index contributed by atoms with van der Waals surface area (Å²) in [6.45, 7) is 1.79. The maximum Gasteiger partial charge on any atom is 0.249 e. The fourth-order valence-electron chi connectivity index (χ4n) is 1.55. The van der Waals surface area contributed by atoms with Crippen molar-refractivity contribution in [2.24, 2.45) is 11.7 Å². The Hall–Kier alpha value is -0.570. The second-order valence-corrected chi connectivity index (χ2v) is 3.27. The molecule has 3 N–H and O–H groups in total. The quantitative estimate of drug-likeness (QED) is 0.623. The van der Waals surface area contributed by atoms with E-state index in [1.54, 1.807) is 6.92 Å². The summed E-state index contributed by atoms with van der Waals surface area (Å²) in [6.07, 6.45) is 3.42. The van der Waals surface area contributed by atoms with Crippen LogP contribution in [0.4, 0.5) is 0 Å². The van der Waals surface area contributed by atoms with Crippen molar-refractivity contribution in [3.63, 3.8) is 0 Å². The van der Waals surface area contributed by atoms with Crippen LogP contribution in [0.2, 0.25) is 0 Å². The molecule has 0 bridgehead atoms. The first-order chi connectivity index (χ1) is 5.11. The van der Waals surface area contributed by atoms with E-state index < -0.39 is 11.5 Å². The molecule has 0 aromatic heterocycles. The summed E-state index contributed by atoms with van der Waals surface area (Å²) in [7, 11) is 0. The van der Waals surface area contributed by atoms with Gasteiger partial charge in [-0.05, 0) is 25.2 Å². The zero-order valence-electron chi connectivity index (χ0n) is 6.84. The van der Waals surface area contributed by atoms with Crippen LogP contribution in [0.25, 0.3) is 0 Å². The monoisotopic (exact) mass is 157 g/mol. The first kappa shape index (κ1) is 8.53. The average Bonchev–Trinajstić information content (AvgIpc) is 1.83. The largest absolute Gasteiger partial charge is 0.380 e. The van der Waals surface area contributed by atoms with Gasteiger partial charge in [0.2, 0.25) is 5.91 Å². The van der Waals surface area contributed by atoms with E-state index in [0.717, 1.165) is 19.3 Å². The number of primary amides is 1. The highest BCUT2D eigenvalue weighted by Crippen LogP contribution is 2.37. The summed E-state index contributed by atoms with van der Waals surface area (Å²) in [5.74, 6) is -0.449. The number of hydrogen-bond donors (Lipinski definition) is 2. The van der Waals surface area contributed by atoms with Gasteiger partial charge >= 0.3 is 0 Å². The van der Waals surface area contributed by atoms with Crippen molar-refractivity contribution >= 4 is 5.91 Å². The number of carbonyl (C=O) groups excluding carboxylic acids is 1. The van der Waals surface area contributed by atoms with Gasteiger partial charge in [0.15, 0.2) is 0 Å². The van der Waals surface area contributed by atoms with Crippen molar-refractivity contribution in [2.45, 2.75) is 38.2 Å². The maximum atomic E-state index is 10.9. The summed E-state index contributed by atoms with van der Waals surface area (Å²) >= 11 is 0. The molecular formula is C8H15NO2. The van der Waals surface area contributed by atoms with Crippen LogP contribution in [-0.4, -0.2) is 16.6 Å². The highest BCUT2D eigenvalue weighted by Gasteiger charge is 2.43. The van der Waals surface area contributed by atoms with E-state index in [-0.39, 0.29) is 5.92 Å². The van der Waals surface area contributed by atoms with Crippen molar-refractivity contribution in [1.82, 2.24) is 0 Å². The Balaban J connectivity index is 2.65. The maximum absolute atomic E-state index is 10.9. The molecule has 11 heavy (non-hydrogen) atoms. The van der Waals surface area contributed by atoms with E-state index >= 15 is 0 Å². The van der Waals surface area contributed by atoms with Gasteiger partial charge in [0.1, 0.15) is 5.60 Å². The summed E-state index contributed by atoms with van der Waals surface area (Å²) in [5.41, 5.74) is 3.88. The molecule has 3 heteroatoms. The molecular weight excluding hydrogens is 142 g/mol. The Kier molecular flexibility index (Phi) is 2.18. The Morgan fingerprint density at radius 3 is 2.36 bits per heavy atom. The molecule has 1 aliphatic rings. The third kappa shape index (κ3) is 1.25. The Morgan fingerprint density at radius 1 is 1.73 bits per heavy atom. The van der Waals surface area contributed by atoms with Crippen molar-refractivity contribution in [3.8, 4) is 0 Å². The summed E-state index contributed by atoms with van der Waals surface area (Å²) in [6, 6.07) is 0. The van der Waals surface area contributed by atoms with Gasteiger partial charge in [0, 0.05) is 0 Å². The van der Waals surface area contributed by atoms with Gasteiger partial charge < -0.3 is 10.8 Å². The van der Waals surface area contributed by atoms with Crippen LogP contribution in [0.15, 0.2) is 0 Å². The van der Waals surface area contributed by atoms with Crippen LogP contribution in [0.3, 0.4) is 0 Å². The molecule has 0 spiro atoms. The Morgan fingerprint density at radius 2 is 2.27 bits per heavy atom. The second-order valence-electron chi connectivity index (χ2n) is 3.27. The molecule has 1 atom stereocenters. The SMILES string of the molecule is CCC(O)(C(N)=O)C1CCC1. The van der Waals surface area contributed by atoms with E-state index in [1.807, 2.05) is 0 Å². The van der Waals surface area contributed by atoms with Crippen LogP contribution in [0.1, 0.15) is 32.6 Å². The zero-order valence-corrected chi connectivity index (χ0v) is 6.84. The molecule has 1 amide bonds. The minimum absolute atomic E-state index is 0.116. The van der Waals surface area contributed by atoms with E-state index in [1.165, 1.54) is 0 Å². The molecule has 0 radical (unpaired) electrons. The summed E-state index contributed by atoms with van der Waals surface area (Å²) < 4.78 is 0. The van der Waals surface area contributed by atoms with Crippen LogP contribution in [0, 0.1) is 5.92 Å². The molecule has 1 saturated carbocycles. The molecule has 1 aliphatic carbocycles. The van der Waals surface area contributed by atoms with Gasteiger partial charge in [-0.3, -0.25) is 4.79 Å². The predicted molar refractivity (Wildman–Crippen MR) is 41.8 cm³/mol. The lowest BCUT2D eigenvalue weighted by Gasteiger charge is -2.38. The van der Waals surface area contributed by atoms with Gasteiger partial charge in [-0.2, -0.15) is 0 Å². The normalized spacial score (nSPS) is 23.8. The summed E-state index contributed by atoms with van der Waals surface area (Å²) in [4.78, 5) is 10.9. The number of hydrogen-bond acceptors (Lipinski definition) is 2. The molecule has 0 aliphatic heterocycles. The van der Waals surface area contributed by atoms with Crippen LogP contribution >= 0.6 is 0 Å². The van der Waals surface area contributed by atoms with Gasteiger partial charge in [-0.15, -0.1) is 0 Å². The molecule has 1 unspecified atom stereocenters.